The molecule has 0 heterocycles. The summed E-state index contributed by atoms with van der Waals surface area (Å²) >= 11 is 0. The van der Waals surface area contributed by atoms with Crippen LogP contribution in [0.2, 0.25) is 0 Å². The average molecular weight is 822 g/mol. The topological polar surface area (TPSA) is 94.5 Å². The zero-order valence-corrected chi connectivity index (χ0v) is 38.7. The molecule has 342 valence electrons. The van der Waals surface area contributed by atoms with Gasteiger partial charge in [0.2, 0.25) is 0 Å². The summed E-state index contributed by atoms with van der Waals surface area (Å²) in [5.74, 6) is -0.138. The number of aliphatic hydroxyl groups is 1. The van der Waals surface area contributed by atoms with E-state index in [4.69, 9.17) is 18.9 Å². The molecule has 0 aromatic heterocycles. The van der Waals surface area contributed by atoms with Crippen LogP contribution in [0.4, 0.5) is 0 Å². The van der Waals surface area contributed by atoms with Crippen LogP contribution in [0.15, 0.2) is 24.3 Å². The van der Waals surface area contributed by atoms with Gasteiger partial charge in [-0.2, -0.15) is 0 Å². The van der Waals surface area contributed by atoms with Gasteiger partial charge < -0.3 is 29.0 Å². The van der Waals surface area contributed by atoms with Crippen molar-refractivity contribution in [3.63, 3.8) is 0 Å². The first kappa shape index (κ1) is 56.3. The molecule has 0 rings (SSSR count). The maximum absolute atomic E-state index is 12.4. The second kappa shape index (κ2) is 46.3. The van der Waals surface area contributed by atoms with Crippen molar-refractivity contribution in [3.8, 4) is 0 Å². The fourth-order valence-electron chi connectivity index (χ4n) is 7.09. The van der Waals surface area contributed by atoms with Gasteiger partial charge in [-0.25, -0.2) is 0 Å². The van der Waals surface area contributed by atoms with Crippen LogP contribution in [0.25, 0.3) is 0 Å². The Morgan fingerprint density at radius 3 is 1.62 bits per heavy atom. The number of aliphatic hydroxyl groups excluding tert-OH is 1. The molecule has 0 aliphatic rings. The van der Waals surface area contributed by atoms with E-state index in [-0.39, 0.29) is 30.9 Å². The summed E-state index contributed by atoms with van der Waals surface area (Å²) in [4.78, 5) is 27.3. The van der Waals surface area contributed by atoms with Crippen molar-refractivity contribution in [3.05, 3.63) is 24.3 Å². The van der Waals surface area contributed by atoms with E-state index in [1.54, 1.807) is 0 Å². The van der Waals surface area contributed by atoms with Crippen molar-refractivity contribution in [1.29, 1.82) is 0 Å². The third-order valence-electron chi connectivity index (χ3n) is 10.8. The highest BCUT2D eigenvalue weighted by atomic mass is 16.7. The zero-order valence-electron chi connectivity index (χ0n) is 38.7. The largest absolute Gasteiger partial charge is 0.466 e. The Hall–Kier alpha value is -1.74. The Morgan fingerprint density at radius 2 is 1.03 bits per heavy atom. The minimum atomic E-state index is -0.253. The van der Waals surface area contributed by atoms with E-state index in [1.807, 2.05) is 0 Å². The molecule has 1 atom stereocenters. The first-order valence-corrected chi connectivity index (χ1v) is 24.7. The van der Waals surface area contributed by atoms with Gasteiger partial charge in [0.1, 0.15) is 6.10 Å². The molecule has 0 bridgehead atoms. The first-order valence-electron chi connectivity index (χ1n) is 24.7. The van der Waals surface area contributed by atoms with Gasteiger partial charge in [-0.3, -0.25) is 9.59 Å². The fourth-order valence-corrected chi connectivity index (χ4v) is 7.09. The lowest BCUT2D eigenvalue weighted by Crippen LogP contribution is -2.27. The van der Waals surface area contributed by atoms with Gasteiger partial charge >= 0.3 is 11.9 Å². The Morgan fingerprint density at radius 1 is 0.517 bits per heavy atom. The number of rotatable bonds is 46. The molecule has 8 nitrogen and oxygen atoms in total. The van der Waals surface area contributed by atoms with Gasteiger partial charge in [-0.05, 0) is 129 Å². The van der Waals surface area contributed by atoms with Gasteiger partial charge in [0.25, 0.3) is 0 Å². The number of carbonyl (C=O) groups is 2. The summed E-state index contributed by atoms with van der Waals surface area (Å²) in [5, 5.41) is 9.41. The van der Waals surface area contributed by atoms with Crippen molar-refractivity contribution in [2.24, 2.45) is 0 Å². The Balaban J connectivity index is 4.08. The van der Waals surface area contributed by atoms with Crippen molar-refractivity contribution < 1.29 is 33.6 Å². The van der Waals surface area contributed by atoms with E-state index in [2.05, 4.69) is 56.9 Å². The number of hydrogen-bond acceptors (Lipinski definition) is 8. The molecule has 8 heteroatoms. The van der Waals surface area contributed by atoms with Gasteiger partial charge in [-0.1, -0.05) is 123 Å². The normalized spacial score (nSPS) is 12.5. The molecular formula is C50H95NO7. The summed E-state index contributed by atoms with van der Waals surface area (Å²) in [6, 6.07) is 0. The number of allylic oxidation sites excluding steroid dienone is 4. The highest BCUT2D eigenvalue weighted by molar-refractivity contribution is 5.69. The summed E-state index contributed by atoms with van der Waals surface area (Å²) in [6.45, 7) is 13.9. The van der Waals surface area contributed by atoms with Crippen LogP contribution in [-0.4, -0.2) is 80.4 Å². The van der Waals surface area contributed by atoms with Gasteiger partial charge in [0, 0.05) is 39.2 Å². The van der Waals surface area contributed by atoms with Crippen LogP contribution in [0.3, 0.4) is 0 Å². The highest BCUT2D eigenvalue weighted by Crippen LogP contribution is 2.16. The third-order valence-corrected chi connectivity index (χ3v) is 10.8. The van der Waals surface area contributed by atoms with Crippen LogP contribution in [0, 0.1) is 0 Å². The third kappa shape index (κ3) is 41.0. The summed E-state index contributed by atoms with van der Waals surface area (Å²) in [5.41, 5.74) is 0. The maximum atomic E-state index is 12.4. The Bertz CT molecular complexity index is 902. The molecule has 0 aromatic carbocycles. The molecule has 0 aromatic rings. The van der Waals surface area contributed by atoms with Crippen molar-refractivity contribution in [2.75, 3.05) is 46.1 Å². The summed E-state index contributed by atoms with van der Waals surface area (Å²) < 4.78 is 23.5. The van der Waals surface area contributed by atoms with E-state index >= 15 is 0 Å². The van der Waals surface area contributed by atoms with E-state index in [1.165, 1.54) is 44.9 Å². The summed E-state index contributed by atoms with van der Waals surface area (Å²) in [6.07, 6.45) is 41.0. The molecule has 0 aliphatic carbocycles. The first-order chi connectivity index (χ1) is 28.5. The zero-order chi connectivity index (χ0) is 42.4. The smallest absolute Gasteiger partial charge is 0.306 e. The lowest BCUT2D eigenvalue weighted by Gasteiger charge is -2.22. The highest BCUT2D eigenvalue weighted by Gasteiger charge is 2.14. The number of carbonyl (C=O) groups excluding carboxylic acids is 2. The molecule has 0 saturated carbocycles. The van der Waals surface area contributed by atoms with Crippen molar-refractivity contribution >= 4 is 11.9 Å². The molecular weight excluding hydrogens is 727 g/mol. The number of ether oxygens (including phenoxy) is 4. The van der Waals surface area contributed by atoms with Crippen molar-refractivity contribution in [2.45, 2.75) is 239 Å². The quantitative estimate of drug-likeness (QED) is 0.0281. The lowest BCUT2D eigenvalue weighted by atomic mass is 10.1. The number of esters is 2. The van der Waals surface area contributed by atoms with E-state index in [9.17, 15) is 14.7 Å². The minimum absolute atomic E-state index is 0.0184. The fraction of sp³-hybridized carbons (Fsp3) is 0.880. The van der Waals surface area contributed by atoms with Crippen LogP contribution < -0.4 is 0 Å². The van der Waals surface area contributed by atoms with Gasteiger partial charge in [0.05, 0.1) is 6.61 Å². The molecule has 0 amide bonds. The molecule has 0 saturated heterocycles. The maximum Gasteiger partial charge on any atom is 0.306 e. The second-order valence-electron chi connectivity index (χ2n) is 16.3. The van der Waals surface area contributed by atoms with Crippen LogP contribution in [0.1, 0.15) is 227 Å². The molecule has 0 radical (unpaired) electrons. The number of nitrogens with zero attached hydrogens (tertiary/aromatic N) is 1. The molecule has 1 unspecified atom stereocenters. The molecule has 0 fully saturated rings. The monoisotopic (exact) mass is 822 g/mol. The van der Waals surface area contributed by atoms with Gasteiger partial charge in [-0.15, -0.1) is 0 Å². The number of unbranched alkanes of at least 4 members (excludes halogenated alkanes) is 17. The molecule has 1 N–H and O–H groups in total. The molecule has 58 heavy (non-hydrogen) atoms. The predicted octanol–water partition coefficient (Wildman–Crippen LogP) is 13.4. The van der Waals surface area contributed by atoms with Crippen molar-refractivity contribution in [1.82, 2.24) is 4.90 Å². The lowest BCUT2D eigenvalue weighted by molar-refractivity contribution is -0.152. The van der Waals surface area contributed by atoms with Gasteiger partial charge in [0.15, 0.2) is 6.29 Å². The van der Waals surface area contributed by atoms with Crippen LogP contribution in [-0.2, 0) is 28.5 Å². The second-order valence-corrected chi connectivity index (χ2v) is 16.3. The Kier molecular flexibility index (Phi) is 44.9. The standard InChI is InChI=1S/C50H95NO7/c1-5-9-12-15-20-27-36-47(8-4)58-49(54)37-28-21-18-22-29-40-51(42-35-43-52)41-30-23-19-26-31-44-55-48(53)38-34-39-50(56-45-32-24-16-13-10-6-2)57-46-33-25-17-14-11-7-3/h10-11,13-14,47,50,52H,5-9,12,15-46H2,1-4H3/b13-10-,14-11-. The minimum Gasteiger partial charge on any atom is -0.466 e. The predicted molar refractivity (Wildman–Crippen MR) is 244 cm³/mol. The van der Waals surface area contributed by atoms with Crippen LogP contribution >= 0.6 is 0 Å². The van der Waals surface area contributed by atoms with E-state index < -0.39 is 0 Å². The Labute approximate surface area is 359 Å². The summed E-state index contributed by atoms with van der Waals surface area (Å²) in [7, 11) is 0. The van der Waals surface area contributed by atoms with E-state index in [0.29, 0.717) is 45.5 Å². The number of hydrogen-bond donors (Lipinski definition) is 1. The SMILES string of the molecule is CC/C=C\CCCCOC(CCCC(=O)OCCCCCCCN(CCCO)CCCCCCCC(=O)OC(CC)CCCCCCCC)OCCCC/C=C\CC. The molecule has 0 spiro atoms. The average Bonchev–Trinajstić information content (AvgIpc) is 3.22. The molecule has 0 aliphatic heterocycles. The van der Waals surface area contributed by atoms with Crippen LogP contribution in [0.5, 0.6) is 0 Å². The van der Waals surface area contributed by atoms with E-state index in [0.717, 1.165) is 148 Å².